The van der Waals surface area contributed by atoms with E-state index < -0.39 is 0 Å². The summed E-state index contributed by atoms with van der Waals surface area (Å²) in [6.45, 7) is 4.93. The van der Waals surface area contributed by atoms with Crippen LogP contribution in [0.2, 0.25) is 0 Å². The summed E-state index contributed by atoms with van der Waals surface area (Å²) in [6, 6.07) is 5.39. The first-order valence-corrected chi connectivity index (χ1v) is 7.47. The zero-order chi connectivity index (χ0) is 15.2. The third kappa shape index (κ3) is 4.36. The summed E-state index contributed by atoms with van der Waals surface area (Å²) >= 11 is 0. The van der Waals surface area contributed by atoms with Crippen molar-refractivity contribution in [3.05, 3.63) is 18.2 Å². The average Bonchev–Trinajstić information content (AvgIpc) is 2.49. The van der Waals surface area contributed by atoms with Crippen LogP contribution in [-0.4, -0.2) is 39.8 Å². The van der Waals surface area contributed by atoms with E-state index >= 15 is 0 Å². The Labute approximate surface area is 126 Å². The predicted octanol–water partition coefficient (Wildman–Crippen LogP) is 0.957. The number of ether oxygens (including phenoxy) is 2. The monoisotopic (exact) mass is 293 g/mol. The second-order valence-electron chi connectivity index (χ2n) is 5.72. The van der Waals surface area contributed by atoms with E-state index in [4.69, 9.17) is 9.47 Å². The van der Waals surface area contributed by atoms with E-state index in [1.807, 2.05) is 6.07 Å². The summed E-state index contributed by atoms with van der Waals surface area (Å²) in [5.41, 5.74) is 0.659. The Balaban J connectivity index is 1.95. The van der Waals surface area contributed by atoms with Crippen molar-refractivity contribution in [1.29, 1.82) is 0 Å². The number of nitrogens with one attached hydrogen (secondary N) is 2. The van der Waals surface area contributed by atoms with Gasteiger partial charge in [-0.2, -0.15) is 0 Å². The maximum Gasteiger partial charge on any atom is 0.279 e. The molecular weight excluding hydrogens is 268 g/mol. The maximum atomic E-state index is 12.2. The van der Waals surface area contributed by atoms with Crippen LogP contribution in [0.5, 0.6) is 11.5 Å². The molecule has 5 heteroatoms. The zero-order valence-corrected chi connectivity index (χ0v) is 13.1. The summed E-state index contributed by atoms with van der Waals surface area (Å²) in [5, 5.41) is 2.93. The fourth-order valence-electron chi connectivity index (χ4n) is 2.68. The number of carbonyl (C=O) groups excluding carboxylic acids is 1. The molecule has 116 valence electrons. The fourth-order valence-corrected chi connectivity index (χ4v) is 2.68. The van der Waals surface area contributed by atoms with Crippen LogP contribution in [-0.2, 0) is 4.79 Å². The first kappa shape index (κ1) is 15.6. The van der Waals surface area contributed by atoms with Crippen LogP contribution in [0.3, 0.4) is 0 Å². The number of hydrogen-bond acceptors (Lipinski definition) is 3. The lowest BCUT2D eigenvalue weighted by atomic mass is 9.99. The highest BCUT2D eigenvalue weighted by Crippen LogP contribution is 2.28. The molecule has 0 aromatic heterocycles. The van der Waals surface area contributed by atoms with Gasteiger partial charge in [0, 0.05) is 6.07 Å². The molecule has 2 rings (SSSR count). The van der Waals surface area contributed by atoms with E-state index in [0.717, 1.165) is 19.0 Å². The van der Waals surface area contributed by atoms with Crippen molar-refractivity contribution >= 4 is 11.6 Å². The number of hydrogen-bond donors (Lipinski definition) is 2. The van der Waals surface area contributed by atoms with Crippen LogP contribution in [0.15, 0.2) is 18.2 Å². The Kier molecular flexibility index (Phi) is 5.44. The van der Waals surface area contributed by atoms with Crippen molar-refractivity contribution in [3.8, 4) is 11.5 Å². The number of piperidine rings is 1. The Hall–Kier alpha value is -1.75. The highest BCUT2D eigenvalue weighted by Gasteiger charge is 2.21. The number of quaternary nitrogens is 1. The van der Waals surface area contributed by atoms with Gasteiger partial charge in [0.2, 0.25) is 0 Å². The molecule has 0 radical (unpaired) electrons. The quantitative estimate of drug-likeness (QED) is 0.850. The number of benzene rings is 1. The van der Waals surface area contributed by atoms with Crippen molar-refractivity contribution in [3.63, 3.8) is 0 Å². The summed E-state index contributed by atoms with van der Waals surface area (Å²) in [6.07, 6.45) is 2.40. The molecule has 0 atom stereocenters. The normalized spacial score (nSPS) is 21.7. The van der Waals surface area contributed by atoms with E-state index in [-0.39, 0.29) is 5.91 Å². The third-order valence-electron chi connectivity index (χ3n) is 4.07. The molecule has 1 fully saturated rings. The van der Waals surface area contributed by atoms with Gasteiger partial charge in [-0.1, -0.05) is 6.92 Å². The maximum absolute atomic E-state index is 12.2. The van der Waals surface area contributed by atoms with Gasteiger partial charge in [0.25, 0.3) is 5.91 Å². The summed E-state index contributed by atoms with van der Waals surface area (Å²) in [4.78, 5) is 13.6. The Morgan fingerprint density at radius 1 is 1.29 bits per heavy atom. The van der Waals surface area contributed by atoms with Crippen LogP contribution in [0, 0.1) is 5.92 Å². The molecule has 1 aromatic rings. The molecule has 1 amide bonds. The Bertz CT molecular complexity index is 482. The van der Waals surface area contributed by atoms with Gasteiger partial charge >= 0.3 is 0 Å². The van der Waals surface area contributed by atoms with Gasteiger partial charge in [0.05, 0.1) is 33.0 Å². The molecule has 0 bridgehead atoms. The molecular formula is C16H25N2O3+. The SMILES string of the molecule is COc1ccc(OC)c(NC(=O)C[NH+]2CCC(C)CC2)c1. The number of likely N-dealkylation sites (tertiary alicyclic amines) is 1. The molecule has 1 saturated heterocycles. The largest absolute Gasteiger partial charge is 0.497 e. The van der Waals surface area contributed by atoms with Crippen molar-refractivity contribution in [2.45, 2.75) is 19.8 Å². The lowest BCUT2D eigenvalue weighted by molar-refractivity contribution is -0.897. The van der Waals surface area contributed by atoms with Gasteiger partial charge in [0.15, 0.2) is 6.54 Å². The molecule has 21 heavy (non-hydrogen) atoms. The van der Waals surface area contributed by atoms with E-state index in [9.17, 15) is 4.79 Å². The number of carbonyl (C=O) groups is 1. The highest BCUT2D eigenvalue weighted by atomic mass is 16.5. The van der Waals surface area contributed by atoms with Crippen molar-refractivity contribution < 1.29 is 19.2 Å². The minimum Gasteiger partial charge on any atom is -0.497 e. The number of amides is 1. The molecule has 2 N–H and O–H groups in total. The first-order chi connectivity index (χ1) is 10.1. The van der Waals surface area contributed by atoms with E-state index in [2.05, 4.69) is 12.2 Å². The van der Waals surface area contributed by atoms with E-state index in [1.165, 1.54) is 17.7 Å². The zero-order valence-electron chi connectivity index (χ0n) is 13.1. The van der Waals surface area contributed by atoms with Crippen LogP contribution in [0.1, 0.15) is 19.8 Å². The standard InChI is InChI=1S/C16H24N2O3/c1-12-6-8-18(9-7-12)11-16(19)17-14-10-13(20-2)4-5-15(14)21-3/h4-5,10,12H,6-9,11H2,1-3H3,(H,17,19)/p+1. The lowest BCUT2D eigenvalue weighted by Crippen LogP contribution is -3.14. The van der Waals surface area contributed by atoms with Crippen LogP contribution < -0.4 is 19.7 Å². The second-order valence-corrected chi connectivity index (χ2v) is 5.72. The van der Waals surface area contributed by atoms with E-state index in [1.54, 1.807) is 26.4 Å². The van der Waals surface area contributed by atoms with Gasteiger partial charge in [-0.05, 0) is 30.9 Å². The predicted molar refractivity (Wildman–Crippen MR) is 82.1 cm³/mol. The van der Waals surface area contributed by atoms with Crippen LogP contribution in [0.25, 0.3) is 0 Å². The molecule has 0 saturated carbocycles. The highest BCUT2D eigenvalue weighted by molar-refractivity contribution is 5.93. The van der Waals surface area contributed by atoms with Crippen molar-refractivity contribution in [1.82, 2.24) is 0 Å². The van der Waals surface area contributed by atoms with Crippen molar-refractivity contribution in [2.24, 2.45) is 5.92 Å². The van der Waals surface area contributed by atoms with Crippen LogP contribution in [0.4, 0.5) is 5.69 Å². The smallest absolute Gasteiger partial charge is 0.279 e. The number of anilines is 1. The number of methoxy groups -OCH3 is 2. The molecule has 1 aliphatic heterocycles. The summed E-state index contributed by atoms with van der Waals surface area (Å²) < 4.78 is 10.5. The van der Waals surface area contributed by atoms with Crippen molar-refractivity contribution in [2.75, 3.05) is 39.2 Å². The molecule has 0 aliphatic carbocycles. The van der Waals surface area contributed by atoms with Gasteiger partial charge in [-0.3, -0.25) is 4.79 Å². The lowest BCUT2D eigenvalue weighted by Gasteiger charge is -2.26. The van der Waals surface area contributed by atoms with Gasteiger partial charge < -0.3 is 19.7 Å². The van der Waals surface area contributed by atoms with Crippen LogP contribution >= 0.6 is 0 Å². The molecule has 1 aliphatic rings. The third-order valence-corrected chi connectivity index (χ3v) is 4.07. The molecule has 1 aromatic carbocycles. The van der Waals surface area contributed by atoms with Gasteiger partial charge in [-0.15, -0.1) is 0 Å². The Morgan fingerprint density at radius 3 is 2.62 bits per heavy atom. The minimum absolute atomic E-state index is 0.0195. The molecule has 5 nitrogen and oxygen atoms in total. The summed E-state index contributed by atoms with van der Waals surface area (Å²) in [5.74, 6) is 2.15. The fraction of sp³-hybridized carbons (Fsp3) is 0.562. The topological polar surface area (TPSA) is 52.0 Å². The van der Waals surface area contributed by atoms with E-state index in [0.29, 0.717) is 23.7 Å². The average molecular weight is 293 g/mol. The minimum atomic E-state index is 0.0195. The number of rotatable bonds is 5. The summed E-state index contributed by atoms with van der Waals surface area (Å²) in [7, 11) is 3.20. The first-order valence-electron chi connectivity index (χ1n) is 7.47. The Morgan fingerprint density at radius 2 is 2.00 bits per heavy atom. The second kappa shape index (κ2) is 7.31. The van der Waals surface area contributed by atoms with Gasteiger partial charge in [-0.25, -0.2) is 0 Å². The van der Waals surface area contributed by atoms with Gasteiger partial charge in [0.1, 0.15) is 11.5 Å². The molecule has 0 spiro atoms. The molecule has 0 unspecified atom stereocenters. The molecule has 1 heterocycles.